The SMILES string of the molecule is CCCNC(N)=NCc1ccc(N2CCN(C(=O)OC(C)(C)C)CC2)c(F)c1.I. The third kappa shape index (κ3) is 8.23. The van der Waals surface area contributed by atoms with Gasteiger partial charge >= 0.3 is 6.09 Å². The number of amides is 1. The average Bonchev–Trinajstić information content (AvgIpc) is 2.63. The van der Waals surface area contributed by atoms with Crippen LogP contribution in [-0.4, -0.2) is 55.3 Å². The third-order valence-corrected chi connectivity index (χ3v) is 4.27. The molecule has 164 valence electrons. The lowest BCUT2D eigenvalue weighted by Gasteiger charge is -2.36. The zero-order valence-corrected chi connectivity index (χ0v) is 20.0. The Hall–Kier alpha value is -1.78. The van der Waals surface area contributed by atoms with Crippen LogP contribution in [0.15, 0.2) is 23.2 Å². The molecule has 0 bridgehead atoms. The number of benzene rings is 1. The molecule has 0 saturated carbocycles. The Morgan fingerprint density at radius 1 is 1.28 bits per heavy atom. The molecule has 1 aliphatic rings. The van der Waals surface area contributed by atoms with Crippen LogP contribution in [0.5, 0.6) is 0 Å². The lowest BCUT2D eigenvalue weighted by atomic mass is 10.1. The molecular formula is C20H33FIN5O2. The van der Waals surface area contributed by atoms with Crippen LogP contribution in [0.1, 0.15) is 39.7 Å². The summed E-state index contributed by atoms with van der Waals surface area (Å²) < 4.78 is 20.0. The maximum absolute atomic E-state index is 14.6. The van der Waals surface area contributed by atoms with Crippen LogP contribution in [0.3, 0.4) is 0 Å². The van der Waals surface area contributed by atoms with E-state index in [0.29, 0.717) is 44.4 Å². The fourth-order valence-corrected chi connectivity index (χ4v) is 2.85. The van der Waals surface area contributed by atoms with Crippen molar-refractivity contribution in [3.05, 3.63) is 29.6 Å². The van der Waals surface area contributed by atoms with Crippen LogP contribution in [0.2, 0.25) is 0 Å². The minimum atomic E-state index is -0.520. The highest BCUT2D eigenvalue weighted by atomic mass is 127. The van der Waals surface area contributed by atoms with E-state index in [0.717, 1.165) is 18.5 Å². The van der Waals surface area contributed by atoms with Crippen molar-refractivity contribution in [1.82, 2.24) is 10.2 Å². The number of nitrogens with two attached hydrogens (primary N) is 1. The number of halogens is 2. The Morgan fingerprint density at radius 3 is 2.48 bits per heavy atom. The van der Waals surface area contributed by atoms with Crippen molar-refractivity contribution in [1.29, 1.82) is 0 Å². The van der Waals surface area contributed by atoms with E-state index in [2.05, 4.69) is 10.3 Å². The number of carbonyl (C=O) groups is 1. The molecule has 9 heteroatoms. The van der Waals surface area contributed by atoms with E-state index in [4.69, 9.17) is 10.5 Å². The largest absolute Gasteiger partial charge is 0.444 e. The van der Waals surface area contributed by atoms with Gasteiger partial charge in [-0.3, -0.25) is 0 Å². The average molecular weight is 521 g/mol. The Labute approximate surface area is 189 Å². The van der Waals surface area contributed by atoms with E-state index in [1.807, 2.05) is 38.7 Å². The molecule has 1 heterocycles. The van der Waals surface area contributed by atoms with Crippen LogP contribution >= 0.6 is 24.0 Å². The van der Waals surface area contributed by atoms with Gasteiger partial charge in [0.2, 0.25) is 0 Å². The molecule has 3 N–H and O–H groups in total. The van der Waals surface area contributed by atoms with Crippen molar-refractivity contribution >= 4 is 41.7 Å². The van der Waals surface area contributed by atoms with Gasteiger partial charge in [-0.2, -0.15) is 0 Å². The van der Waals surface area contributed by atoms with Gasteiger partial charge in [0.25, 0.3) is 0 Å². The molecule has 0 radical (unpaired) electrons. The number of aliphatic imine (C=N–C) groups is 1. The number of piperazine rings is 1. The summed E-state index contributed by atoms with van der Waals surface area (Å²) in [4.78, 5) is 20.0. The molecule has 1 aromatic rings. The van der Waals surface area contributed by atoms with Crippen molar-refractivity contribution in [3.8, 4) is 0 Å². The quantitative estimate of drug-likeness (QED) is 0.353. The number of ether oxygens (including phenoxy) is 1. The first kappa shape index (κ1) is 25.3. The van der Waals surface area contributed by atoms with Crippen LogP contribution in [0.25, 0.3) is 0 Å². The summed E-state index contributed by atoms with van der Waals surface area (Å²) in [5.41, 5.74) is 6.54. The molecule has 0 unspecified atom stereocenters. The van der Waals surface area contributed by atoms with Crippen LogP contribution in [0, 0.1) is 5.82 Å². The molecule has 2 rings (SSSR count). The van der Waals surface area contributed by atoms with Gasteiger partial charge in [-0.15, -0.1) is 24.0 Å². The number of guanidine groups is 1. The third-order valence-electron chi connectivity index (χ3n) is 4.27. The molecule has 29 heavy (non-hydrogen) atoms. The van der Waals surface area contributed by atoms with Gasteiger partial charge in [-0.05, 0) is 44.9 Å². The van der Waals surface area contributed by atoms with Crippen molar-refractivity contribution in [2.45, 2.75) is 46.3 Å². The van der Waals surface area contributed by atoms with Gasteiger partial charge in [0.1, 0.15) is 11.4 Å². The molecule has 1 aliphatic heterocycles. The van der Waals surface area contributed by atoms with Crippen molar-refractivity contribution in [3.63, 3.8) is 0 Å². The molecule has 1 saturated heterocycles. The monoisotopic (exact) mass is 521 g/mol. The Bertz CT molecular complexity index is 701. The maximum Gasteiger partial charge on any atom is 0.410 e. The van der Waals surface area contributed by atoms with Crippen molar-refractivity contribution < 1.29 is 13.9 Å². The molecular weight excluding hydrogens is 488 g/mol. The van der Waals surface area contributed by atoms with E-state index in [-0.39, 0.29) is 35.9 Å². The van der Waals surface area contributed by atoms with E-state index >= 15 is 0 Å². The molecule has 0 aromatic heterocycles. The van der Waals surface area contributed by atoms with Gasteiger partial charge in [-0.25, -0.2) is 14.2 Å². The van der Waals surface area contributed by atoms with Gasteiger partial charge in [0, 0.05) is 32.7 Å². The molecule has 1 fully saturated rings. The zero-order chi connectivity index (χ0) is 20.7. The maximum atomic E-state index is 14.6. The fourth-order valence-electron chi connectivity index (χ4n) is 2.85. The Kier molecular flexibility index (Phi) is 9.94. The molecule has 0 aliphatic carbocycles. The predicted molar refractivity (Wildman–Crippen MR) is 125 cm³/mol. The first-order chi connectivity index (χ1) is 13.2. The summed E-state index contributed by atoms with van der Waals surface area (Å²) in [5.74, 6) is 0.0723. The highest BCUT2D eigenvalue weighted by Gasteiger charge is 2.26. The lowest BCUT2D eigenvalue weighted by Crippen LogP contribution is -2.50. The van der Waals surface area contributed by atoms with E-state index < -0.39 is 5.60 Å². The van der Waals surface area contributed by atoms with Crippen molar-refractivity contribution in [2.75, 3.05) is 37.6 Å². The summed E-state index contributed by atoms with van der Waals surface area (Å²) >= 11 is 0. The zero-order valence-electron chi connectivity index (χ0n) is 17.7. The van der Waals surface area contributed by atoms with Crippen LogP contribution in [0.4, 0.5) is 14.9 Å². The summed E-state index contributed by atoms with van der Waals surface area (Å²) in [7, 11) is 0. The second-order valence-corrected chi connectivity index (χ2v) is 7.87. The van der Waals surface area contributed by atoms with Crippen LogP contribution in [-0.2, 0) is 11.3 Å². The molecule has 1 aromatic carbocycles. The molecule has 1 amide bonds. The van der Waals surface area contributed by atoms with Gasteiger partial charge in [-0.1, -0.05) is 13.0 Å². The second kappa shape index (κ2) is 11.4. The predicted octanol–water partition coefficient (Wildman–Crippen LogP) is 3.32. The number of nitrogens with zero attached hydrogens (tertiary/aromatic N) is 3. The summed E-state index contributed by atoms with van der Waals surface area (Å²) in [6.45, 7) is 10.8. The minimum absolute atomic E-state index is 0. The number of nitrogens with one attached hydrogen (secondary N) is 1. The second-order valence-electron chi connectivity index (χ2n) is 7.87. The highest BCUT2D eigenvalue weighted by molar-refractivity contribution is 14.0. The fraction of sp³-hybridized carbons (Fsp3) is 0.600. The van der Waals surface area contributed by atoms with Crippen molar-refractivity contribution in [2.24, 2.45) is 10.7 Å². The number of hydrogen-bond donors (Lipinski definition) is 2. The smallest absolute Gasteiger partial charge is 0.410 e. The summed E-state index contributed by atoms with van der Waals surface area (Å²) in [6, 6.07) is 5.11. The Morgan fingerprint density at radius 2 is 1.93 bits per heavy atom. The normalized spacial score (nSPS) is 15.0. The van der Waals surface area contributed by atoms with E-state index in [9.17, 15) is 9.18 Å². The van der Waals surface area contributed by atoms with E-state index in [1.165, 1.54) is 6.07 Å². The number of rotatable bonds is 5. The standard InChI is InChI=1S/C20H32FN5O2.HI/c1-5-8-23-18(22)24-14-15-6-7-17(16(21)13-15)25-9-11-26(12-10-25)19(27)28-20(2,3)4;/h6-7,13H,5,8-12,14H2,1-4H3,(H3,22,23,24);1H. The minimum Gasteiger partial charge on any atom is -0.444 e. The number of carbonyl (C=O) groups excluding carboxylic acids is 1. The first-order valence-electron chi connectivity index (χ1n) is 9.74. The van der Waals surface area contributed by atoms with Gasteiger partial charge in [0.05, 0.1) is 12.2 Å². The van der Waals surface area contributed by atoms with Gasteiger partial charge in [0.15, 0.2) is 5.96 Å². The number of hydrogen-bond acceptors (Lipinski definition) is 4. The first-order valence-corrected chi connectivity index (χ1v) is 9.74. The van der Waals surface area contributed by atoms with E-state index in [1.54, 1.807) is 11.0 Å². The molecule has 0 spiro atoms. The highest BCUT2D eigenvalue weighted by Crippen LogP contribution is 2.23. The topological polar surface area (TPSA) is 83.2 Å². The summed E-state index contributed by atoms with van der Waals surface area (Å²) in [5, 5.41) is 2.99. The lowest BCUT2D eigenvalue weighted by molar-refractivity contribution is 0.0240. The molecule has 0 atom stereocenters. The van der Waals surface area contributed by atoms with Gasteiger partial charge < -0.3 is 25.6 Å². The van der Waals surface area contributed by atoms with Crippen LogP contribution < -0.4 is 16.0 Å². The number of anilines is 1. The molecule has 7 nitrogen and oxygen atoms in total. The summed E-state index contributed by atoms with van der Waals surface area (Å²) in [6.07, 6.45) is 0.635. The Balaban J connectivity index is 0.00000420.